The highest BCUT2D eigenvalue weighted by Crippen LogP contribution is 2.02. The Balaban J connectivity index is 0. The molecule has 12 heteroatoms. The Bertz CT molecular complexity index is 482. The summed E-state index contributed by atoms with van der Waals surface area (Å²) in [5.74, 6) is -3.73. The molecule has 0 heterocycles. The van der Waals surface area contributed by atoms with Crippen LogP contribution < -0.4 is 22.1 Å². The molecule has 10 N–H and O–H groups in total. The first kappa shape index (κ1) is 26.9. The van der Waals surface area contributed by atoms with Crippen molar-refractivity contribution in [3.05, 3.63) is 0 Å². The lowest BCUT2D eigenvalue weighted by molar-refractivity contribution is -0.142. The second-order valence-corrected chi connectivity index (χ2v) is 5.71. The zero-order valence-corrected chi connectivity index (χ0v) is 15.4. The zero-order valence-electron chi connectivity index (χ0n) is 15.4. The van der Waals surface area contributed by atoms with Crippen LogP contribution in [0, 0.1) is 0 Å². The number of hydrogen-bond donors (Lipinski definition) is 8. The summed E-state index contributed by atoms with van der Waals surface area (Å²) < 4.78 is 0. The number of unbranched alkanes of at least 4 members (excludes halogenated alkanes) is 1. The minimum Gasteiger partial charge on any atom is -0.481 e. The van der Waals surface area contributed by atoms with Gasteiger partial charge in [0.2, 0.25) is 11.8 Å². The first-order chi connectivity index (χ1) is 12.5. The molecule has 0 fully saturated rings. The van der Waals surface area contributed by atoms with E-state index in [1.54, 1.807) is 0 Å². The van der Waals surface area contributed by atoms with Gasteiger partial charge in [-0.05, 0) is 32.7 Å². The maximum Gasteiger partial charge on any atom is 0.326 e. The van der Waals surface area contributed by atoms with Crippen molar-refractivity contribution in [3.8, 4) is 0 Å². The van der Waals surface area contributed by atoms with E-state index in [-0.39, 0.29) is 6.42 Å². The highest BCUT2D eigenvalue weighted by Gasteiger charge is 2.28. The third-order valence-electron chi connectivity index (χ3n) is 3.20. The second-order valence-electron chi connectivity index (χ2n) is 5.71. The summed E-state index contributed by atoms with van der Waals surface area (Å²) in [6.45, 7) is 2.06. The van der Waals surface area contributed by atoms with Gasteiger partial charge in [-0.3, -0.25) is 14.4 Å². The van der Waals surface area contributed by atoms with Crippen molar-refractivity contribution in [2.45, 2.75) is 57.3 Å². The highest BCUT2D eigenvalue weighted by molar-refractivity contribution is 5.92. The van der Waals surface area contributed by atoms with Gasteiger partial charge in [0.25, 0.3) is 5.97 Å². The highest BCUT2D eigenvalue weighted by atomic mass is 16.4. The van der Waals surface area contributed by atoms with Gasteiger partial charge in [0.15, 0.2) is 0 Å². The molecular formula is C15H30N4O8. The predicted octanol–water partition coefficient (Wildman–Crippen LogP) is -3.04. The molecule has 27 heavy (non-hydrogen) atoms. The number of carboxylic acids is 2. The van der Waals surface area contributed by atoms with Crippen molar-refractivity contribution >= 4 is 23.8 Å². The number of hydrogen-bond acceptors (Lipinski definition) is 8. The number of nitrogens with one attached hydrogen (secondary N) is 2. The number of carbonyl (C=O) groups excluding carboxylic acids is 2. The molecule has 2 amide bonds. The summed E-state index contributed by atoms with van der Waals surface area (Å²) in [5, 5.41) is 39.3. The van der Waals surface area contributed by atoms with Crippen molar-refractivity contribution in [3.63, 3.8) is 0 Å². The maximum atomic E-state index is 12.0. The van der Waals surface area contributed by atoms with E-state index in [2.05, 4.69) is 10.6 Å². The minimum atomic E-state index is -1.36. The lowest BCUT2D eigenvalue weighted by Crippen LogP contribution is -2.57. The van der Waals surface area contributed by atoms with Crippen LogP contribution in [0.1, 0.15) is 33.1 Å². The molecule has 0 rings (SSSR count). The molecule has 0 radical (unpaired) electrons. The zero-order chi connectivity index (χ0) is 21.6. The largest absolute Gasteiger partial charge is 0.481 e. The Morgan fingerprint density at radius 3 is 1.85 bits per heavy atom. The van der Waals surface area contributed by atoms with Gasteiger partial charge in [0, 0.05) is 6.92 Å². The fraction of sp³-hybridized carbons (Fsp3) is 0.733. The van der Waals surface area contributed by atoms with Crippen LogP contribution in [0.2, 0.25) is 0 Å². The Morgan fingerprint density at radius 2 is 1.48 bits per heavy atom. The lowest BCUT2D eigenvalue weighted by Gasteiger charge is -2.22. The molecule has 12 nitrogen and oxygen atoms in total. The summed E-state index contributed by atoms with van der Waals surface area (Å²) in [6.07, 6.45) is 0.165. The molecule has 0 aliphatic heterocycles. The maximum absolute atomic E-state index is 12.0. The van der Waals surface area contributed by atoms with Gasteiger partial charge in [-0.1, -0.05) is 0 Å². The molecule has 158 valence electrons. The number of carbonyl (C=O) groups is 4. The molecule has 0 unspecified atom stereocenters. The van der Waals surface area contributed by atoms with Crippen molar-refractivity contribution in [2.24, 2.45) is 11.5 Å². The second kappa shape index (κ2) is 14.8. The average Bonchev–Trinajstić information content (AvgIpc) is 2.56. The van der Waals surface area contributed by atoms with E-state index < -0.39 is 54.6 Å². The van der Waals surface area contributed by atoms with Gasteiger partial charge in [-0.25, -0.2) is 4.79 Å². The quantitative estimate of drug-likeness (QED) is 0.165. The first-order valence-electron chi connectivity index (χ1n) is 8.25. The number of amides is 2. The van der Waals surface area contributed by atoms with E-state index in [4.69, 9.17) is 26.5 Å². The Kier molecular flexibility index (Phi) is 14.8. The Labute approximate surface area is 156 Å². The van der Waals surface area contributed by atoms with Crippen molar-refractivity contribution < 1.29 is 39.6 Å². The van der Waals surface area contributed by atoms with Crippen LogP contribution in [-0.4, -0.2) is 81.6 Å². The molecular weight excluding hydrogens is 364 g/mol. The lowest BCUT2D eigenvalue weighted by atomic mass is 10.1. The van der Waals surface area contributed by atoms with Crippen LogP contribution >= 0.6 is 0 Å². The third-order valence-corrected chi connectivity index (χ3v) is 3.20. The van der Waals surface area contributed by atoms with Crippen molar-refractivity contribution in [1.82, 2.24) is 10.6 Å². The first-order valence-corrected chi connectivity index (χ1v) is 8.25. The topological polar surface area (TPSA) is 225 Å². The van der Waals surface area contributed by atoms with Gasteiger partial charge < -0.3 is 42.5 Å². The van der Waals surface area contributed by atoms with Gasteiger partial charge in [0.1, 0.15) is 18.1 Å². The molecule has 0 aromatic rings. The molecule has 4 atom stereocenters. The standard InChI is InChI=1S/C13H26N4O6.C2H4O2/c1-7(19)10(15)12(21)17-9(6-18)11(20)16-8(13(22)23)4-2-3-5-14;1-2(3)4/h7-10,18-19H,2-6,14-15H2,1H3,(H,16,20)(H,17,21)(H,22,23);1H3,(H,3,4)/t7-,8+,9+,10+;/m1./s1. The Hall–Kier alpha value is -2.28. The van der Waals surface area contributed by atoms with Crippen LogP contribution in [0.15, 0.2) is 0 Å². The fourth-order valence-electron chi connectivity index (χ4n) is 1.70. The molecule has 0 saturated carbocycles. The molecule has 0 spiro atoms. The molecule has 0 saturated heterocycles. The predicted molar refractivity (Wildman–Crippen MR) is 94.5 cm³/mol. The number of aliphatic hydroxyl groups excluding tert-OH is 2. The fourth-order valence-corrected chi connectivity index (χ4v) is 1.70. The van der Waals surface area contributed by atoms with Gasteiger partial charge >= 0.3 is 5.97 Å². The van der Waals surface area contributed by atoms with Crippen molar-refractivity contribution in [1.29, 1.82) is 0 Å². The van der Waals surface area contributed by atoms with Gasteiger partial charge in [0.05, 0.1) is 12.7 Å². The summed E-state index contributed by atoms with van der Waals surface area (Å²) in [5.41, 5.74) is 10.7. The van der Waals surface area contributed by atoms with E-state index in [0.29, 0.717) is 19.4 Å². The van der Waals surface area contributed by atoms with Crippen LogP contribution in [0.4, 0.5) is 0 Å². The van der Waals surface area contributed by atoms with Crippen LogP contribution in [0.25, 0.3) is 0 Å². The number of aliphatic hydroxyl groups is 2. The van der Waals surface area contributed by atoms with E-state index in [1.165, 1.54) is 6.92 Å². The average molecular weight is 394 g/mol. The molecule has 0 aromatic carbocycles. The van der Waals surface area contributed by atoms with Crippen LogP contribution in [0.3, 0.4) is 0 Å². The number of aliphatic carboxylic acids is 2. The van der Waals surface area contributed by atoms with E-state index in [0.717, 1.165) is 6.92 Å². The third kappa shape index (κ3) is 13.6. The smallest absolute Gasteiger partial charge is 0.326 e. The molecule has 0 aliphatic carbocycles. The van der Waals surface area contributed by atoms with Gasteiger partial charge in [-0.2, -0.15) is 0 Å². The summed E-state index contributed by atoms with van der Waals surface area (Å²) in [6, 6.07) is -3.77. The summed E-state index contributed by atoms with van der Waals surface area (Å²) in [7, 11) is 0. The number of carboxylic acid groups (broad SMARTS) is 2. The van der Waals surface area contributed by atoms with Gasteiger partial charge in [-0.15, -0.1) is 0 Å². The minimum absolute atomic E-state index is 0.178. The number of rotatable bonds is 11. The molecule has 0 bridgehead atoms. The Morgan fingerprint density at radius 1 is 1.00 bits per heavy atom. The SMILES string of the molecule is CC(=O)O.C[C@@H](O)[C@H](N)C(=O)N[C@@H](CO)C(=O)N[C@@H](CCCCN)C(=O)O. The summed E-state index contributed by atoms with van der Waals surface area (Å²) in [4.78, 5) is 43.8. The van der Waals surface area contributed by atoms with Crippen molar-refractivity contribution in [2.75, 3.05) is 13.2 Å². The van der Waals surface area contributed by atoms with E-state index in [9.17, 15) is 24.6 Å². The van der Waals surface area contributed by atoms with Crippen LogP contribution in [-0.2, 0) is 19.2 Å². The molecule has 0 aromatic heterocycles. The summed E-state index contributed by atoms with van der Waals surface area (Å²) >= 11 is 0. The molecule has 0 aliphatic rings. The number of nitrogens with two attached hydrogens (primary N) is 2. The normalized spacial score (nSPS) is 14.6. The van der Waals surface area contributed by atoms with Crippen LogP contribution in [0.5, 0.6) is 0 Å². The van der Waals surface area contributed by atoms with E-state index in [1.807, 2.05) is 0 Å². The van der Waals surface area contributed by atoms with E-state index >= 15 is 0 Å². The monoisotopic (exact) mass is 394 g/mol.